The van der Waals surface area contributed by atoms with Crippen molar-refractivity contribution in [2.24, 2.45) is 10.9 Å². The van der Waals surface area contributed by atoms with E-state index in [1.165, 1.54) is 24.3 Å². The molecule has 0 radical (unpaired) electrons. The minimum Gasteiger partial charge on any atom is -0.490 e. The van der Waals surface area contributed by atoms with E-state index < -0.39 is 11.8 Å². The summed E-state index contributed by atoms with van der Waals surface area (Å²) in [6, 6.07) is 10.5. The van der Waals surface area contributed by atoms with Gasteiger partial charge in [-0.3, -0.25) is 4.79 Å². The molecule has 0 aromatic heterocycles. The Morgan fingerprint density at radius 3 is 2.69 bits per heavy atom. The third-order valence-corrected chi connectivity index (χ3v) is 3.95. The standard InChI is InChI=1S/C22H20FNO5/c1-4-27-19-11-14(8-9-18(19)28-21(25)13(2)3)10-17-22(26)29-20(24-17)15-6-5-7-16(23)12-15/h5-13H,4H2,1-3H3. The molecule has 0 bridgehead atoms. The molecule has 0 saturated heterocycles. The Bertz CT molecular complexity index is 1010. The van der Waals surface area contributed by atoms with Crippen molar-refractivity contribution < 1.29 is 28.2 Å². The van der Waals surface area contributed by atoms with Gasteiger partial charge in [0.2, 0.25) is 5.90 Å². The van der Waals surface area contributed by atoms with E-state index in [0.29, 0.717) is 29.2 Å². The topological polar surface area (TPSA) is 74.2 Å². The molecule has 3 rings (SSSR count). The third-order valence-electron chi connectivity index (χ3n) is 3.95. The van der Waals surface area contributed by atoms with Gasteiger partial charge in [-0.15, -0.1) is 0 Å². The first-order valence-electron chi connectivity index (χ1n) is 9.14. The summed E-state index contributed by atoms with van der Waals surface area (Å²) in [5.74, 6) is -1.05. The summed E-state index contributed by atoms with van der Waals surface area (Å²) < 4.78 is 29.4. The van der Waals surface area contributed by atoms with Crippen LogP contribution in [0, 0.1) is 11.7 Å². The molecule has 0 saturated carbocycles. The highest BCUT2D eigenvalue weighted by atomic mass is 19.1. The van der Waals surface area contributed by atoms with E-state index in [0.717, 1.165) is 0 Å². The normalized spacial score (nSPS) is 14.7. The van der Waals surface area contributed by atoms with E-state index in [2.05, 4.69) is 4.99 Å². The number of cyclic esters (lactones) is 1. The van der Waals surface area contributed by atoms with Gasteiger partial charge in [0.25, 0.3) is 0 Å². The molecule has 6 nitrogen and oxygen atoms in total. The van der Waals surface area contributed by atoms with Crippen LogP contribution in [-0.2, 0) is 14.3 Å². The highest BCUT2D eigenvalue weighted by molar-refractivity contribution is 6.12. The first-order chi connectivity index (χ1) is 13.9. The average Bonchev–Trinajstić information content (AvgIpc) is 3.04. The van der Waals surface area contributed by atoms with E-state index >= 15 is 0 Å². The van der Waals surface area contributed by atoms with E-state index in [9.17, 15) is 14.0 Å². The van der Waals surface area contributed by atoms with Crippen LogP contribution >= 0.6 is 0 Å². The fourth-order valence-electron chi connectivity index (χ4n) is 2.51. The number of rotatable bonds is 6. The van der Waals surface area contributed by atoms with Crippen LogP contribution in [0.2, 0.25) is 0 Å². The van der Waals surface area contributed by atoms with Gasteiger partial charge in [0.1, 0.15) is 5.82 Å². The molecule has 2 aromatic carbocycles. The monoisotopic (exact) mass is 397 g/mol. The van der Waals surface area contributed by atoms with Crippen molar-refractivity contribution in [3.8, 4) is 11.5 Å². The third kappa shape index (κ3) is 4.87. The molecule has 1 aliphatic rings. The highest BCUT2D eigenvalue weighted by Gasteiger charge is 2.24. The van der Waals surface area contributed by atoms with E-state index in [-0.39, 0.29) is 23.5 Å². The quantitative estimate of drug-likeness (QED) is 0.416. The molecule has 0 spiro atoms. The zero-order valence-corrected chi connectivity index (χ0v) is 16.3. The molecule has 0 atom stereocenters. The number of esters is 2. The molecule has 7 heteroatoms. The van der Waals surface area contributed by atoms with E-state index in [4.69, 9.17) is 14.2 Å². The molecular weight excluding hydrogens is 377 g/mol. The summed E-state index contributed by atoms with van der Waals surface area (Å²) in [5, 5.41) is 0. The number of hydrogen-bond donors (Lipinski definition) is 0. The fourth-order valence-corrected chi connectivity index (χ4v) is 2.51. The lowest BCUT2D eigenvalue weighted by molar-refractivity contribution is -0.138. The highest BCUT2D eigenvalue weighted by Crippen LogP contribution is 2.31. The fraction of sp³-hybridized carbons (Fsp3) is 0.227. The molecule has 0 unspecified atom stereocenters. The van der Waals surface area contributed by atoms with Gasteiger partial charge in [0, 0.05) is 5.56 Å². The number of carbonyl (C=O) groups is 2. The molecular formula is C22H20FNO5. The number of halogens is 1. The van der Waals surface area contributed by atoms with Gasteiger partial charge in [0.15, 0.2) is 17.2 Å². The average molecular weight is 397 g/mol. The maximum absolute atomic E-state index is 13.4. The molecule has 0 aliphatic carbocycles. The van der Waals surface area contributed by atoms with Crippen LogP contribution in [-0.4, -0.2) is 24.4 Å². The summed E-state index contributed by atoms with van der Waals surface area (Å²) in [6.07, 6.45) is 1.52. The molecule has 150 valence electrons. The number of nitrogens with zero attached hydrogens (tertiary/aromatic N) is 1. The molecule has 29 heavy (non-hydrogen) atoms. The van der Waals surface area contributed by atoms with Crippen LogP contribution in [0.5, 0.6) is 11.5 Å². The van der Waals surface area contributed by atoms with Gasteiger partial charge < -0.3 is 14.2 Å². The first kappa shape index (κ1) is 20.3. The summed E-state index contributed by atoms with van der Waals surface area (Å²) in [4.78, 5) is 28.2. The summed E-state index contributed by atoms with van der Waals surface area (Å²) in [5.41, 5.74) is 1.04. The molecule has 2 aromatic rings. The number of carbonyl (C=O) groups excluding carboxylic acids is 2. The van der Waals surface area contributed by atoms with E-state index in [1.54, 1.807) is 38.1 Å². The van der Waals surface area contributed by atoms with Crippen LogP contribution in [0.25, 0.3) is 6.08 Å². The summed E-state index contributed by atoms with van der Waals surface area (Å²) in [6.45, 7) is 5.65. The maximum Gasteiger partial charge on any atom is 0.363 e. The van der Waals surface area contributed by atoms with Crippen LogP contribution in [0.4, 0.5) is 4.39 Å². The number of ether oxygens (including phenoxy) is 3. The second kappa shape index (κ2) is 8.68. The predicted molar refractivity (Wildman–Crippen MR) is 105 cm³/mol. The smallest absolute Gasteiger partial charge is 0.363 e. The van der Waals surface area contributed by atoms with Crippen molar-refractivity contribution >= 4 is 23.9 Å². The minimum atomic E-state index is -0.641. The number of benzene rings is 2. The van der Waals surface area contributed by atoms with Gasteiger partial charge >= 0.3 is 11.9 Å². The number of hydrogen-bond acceptors (Lipinski definition) is 6. The van der Waals surface area contributed by atoms with E-state index in [1.807, 2.05) is 6.92 Å². The lowest BCUT2D eigenvalue weighted by Crippen LogP contribution is -2.15. The Labute approximate surface area is 167 Å². The second-order valence-electron chi connectivity index (χ2n) is 6.56. The zero-order chi connectivity index (χ0) is 21.0. The largest absolute Gasteiger partial charge is 0.490 e. The predicted octanol–water partition coefficient (Wildman–Crippen LogP) is 4.13. The second-order valence-corrected chi connectivity index (χ2v) is 6.56. The number of aliphatic imine (C=N–C) groups is 1. The van der Waals surface area contributed by atoms with Crippen LogP contribution in [0.15, 0.2) is 53.2 Å². The minimum absolute atomic E-state index is 0.0354. The van der Waals surface area contributed by atoms with Crippen molar-refractivity contribution in [2.45, 2.75) is 20.8 Å². The Kier molecular flexibility index (Phi) is 6.07. The lowest BCUT2D eigenvalue weighted by atomic mass is 10.1. The molecule has 0 N–H and O–H groups in total. The summed E-state index contributed by atoms with van der Waals surface area (Å²) in [7, 11) is 0. The van der Waals surface area contributed by atoms with Crippen LogP contribution in [0.1, 0.15) is 31.9 Å². The van der Waals surface area contributed by atoms with Crippen molar-refractivity contribution in [2.75, 3.05) is 6.61 Å². The molecule has 0 fully saturated rings. The van der Waals surface area contributed by atoms with Crippen LogP contribution in [0.3, 0.4) is 0 Å². The Morgan fingerprint density at radius 2 is 2.00 bits per heavy atom. The van der Waals surface area contributed by atoms with Crippen molar-refractivity contribution in [1.29, 1.82) is 0 Å². The SMILES string of the molecule is CCOc1cc(C=C2N=C(c3cccc(F)c3)OC2=O)ccc1OC(=O)C(C)C. The molecule has 1 heterocycles. The van der Waals surface area contributed by atoms with Crippen LogP contribution < -0.4 is 9.47 Å². The van der Waals surface area contributed by atoms with Gasteiger partial charge in [0.05, 0.1) is 12.5 Å². The van der Waals surface area contributed by atoms with Crippen molar-refractivity contribution in [3.63, 3.8) is 0 Å². The lowest BCUT2D eigenvalue weighted by Gasteiger charge is -2.12. The van der Waals surface area contributed by atoms with Gasteiger partial charge in [-0.05, 0) is 48.9 Å². The van der Waals surface area contributed by atoms with Crippen molar-refractivity contribution in [3.05, 3.63) is 65.1 Å². The zero-order valence-electron chi connectivity index (χ0n) is 16.3. The summed E-state index contributed by atoms with van der Waals surface area (Å²) >= 11 is 0. The Hall–Kier alpha value is -3.48. The van der Waals surface area contributed by atoms with Gasteiger partial charge in [-0.25, -0.2) is 14.2 Å². The van der Waals surface area contributed by atoms with Gasteiger partial charge in [-0.1, -0.05) is 26.0 Å². The molecule has 0 amide bonds. The first-order valence-corrected chi connectivity index (χ1v) is 9.14. The molecule has 1 aliphatic heterocycles. The van der Waals surface area contributed by atoms with Crippen molar-refractivity contribution in [1.82, 2.24) is 0 Å². The Morgan fingerprint density at radius 1 is 1.21 bits per heavy atom. The Balaban J connectivity index is 1.90. The van der Waals surface area contributed by atoms with Gasteiger partial charge in [-0.2, -0.15) is 0 Å². The maximum atomic E-state index is 13.4.